The van der Waals surface area contributed by atoms with Crippen molar-refractivity contribution in [2.45, 2.75) is 64.6 Å². The van der Waals surface area contributed by atoms with Crippen molar-refractivity contribution in [3.8, 4) is 0 Å². The van der Waals surface area contributed by atoms with Gasteiger partial charge in [-0.25, -0.2) is 14.2 Å². The Morgan fingerprint density at radius 3 is 2.71 bits per heavy atom. The largest absolute Gasteiger partial charge is 0.444 e. The van der Waals surface area contributed by atoms with Crippen molar-refractivity contribution in [1.82, 2.24) is 14.9 Å². The van der Waals surface area contributed by atoms with Gasteiger partial charge in [0.2, 0.25) is 0 Å². The van der Waals surface area contributed by atoms with E-state index in [1.807, 2.05) is 27.7 Å². The average Bonchev–Trinajstić information content (AvgIpc) is 2.73. The SMILES string of the molecule is C[C@H](NC(=O)OC(C)(C)C)c1nc2ccc(F)cc2n1C1CCC1. The fourth-order valence-corrected chi connectivity index (χ4v) is 2.97. The lowest BCUT2D eigenvalue weighted by atomic mass is 9.92. The molecule has 1 aromatic heterocycles. The number of nitrogens with one attached hydrogen (secondary N) is 1. The molecule has 1 aromatic carbocycles. The first-order valence-electron chi connectivity index (χ1n) is 8.41. The number of rotatable bonds is 3. The van der Waals surface area contributed by atoms with Crippen LogP contribution in [0.5, 0.6) is 0 Å². The fourth-order valence-electron chi connectivity index (χ4n) is 2.97. The van der Waals surface area contributed by atoms with Gasteiger partial charge in [-0.2, -0.15) is 0 Å². The molecule has 24 heavy (non-hydrogen) atoms. The molecule has 1 N–H and O–H groups in total. The lowest BCUT2D eigenvalue weighted by molar-refractivity contribution is 0.0504. The van der Waals surface area contributed by atoms with Gasteiger partial charge in [-0.3, -0.25) is 0 Å². The number of benzene rings is 1. The molecule has 0 saturated heterocycles. The van der Waals surface area contributed by atoms with Crippen molar-refractivity contribution >= 4 is 17.1 Å². The molecule has 0 bridgehead atoms. The third-order valence-corrected chi connectivity index (χ3v) is 4.24. The van der Waals surface area contributed by atoms with Crippen molar-refractivity contribution in [1.29, 1.82) is 0 Å². The second kappa shape index (κ2) is 6.07. The minimum absolute atomic E-state index is 0.276. The number of carbonyl (C=O) groups excluding carboxylic acids is 1. The quantitative estimate of drug-likeness (QED) is 0.900. The van der Waals surface area contributed by atoms with Gasteiger partial charge in [-0.15, -0.1) is 0 Å². The van der Waals surface area contributed by atoms with Crippen LogP contribution < -0.4 is 5.32 Å². The Kier molecular flexibility index (Phi) is 4.24. The minimum Gasteiger partial charge on any atom is -0.444 e. The Hall–Kier alpha value is -2.11. The maximum absolute atomic E-state index is 13.7. The van der Waals surface area contributed by atoms with Crippen molar-refractivity contribution in [2.24, 2.45) is 0 Å². The number of nitrogens with zero attached hydrogens (tertiary/aromatic N) is 2. The van der Waals surface area contributed by atoms with E-state index in [0.717, 1.165) is 36.1 Å². The molecule has 2 aromatic rings. The number of amides is 1. The number of fused-ring (bicyclic) bond motifs is 1. The average molecular weight is 333 g/mol. The van der Waals surface area contributed by atoms with Crippen molar-refractivity contribution in [3.05, 3.63) is 29.8 Å². The van der Waals surface area contributed by atoms with E-state index < -0.39 is 11.7 Å². The minimum atomic E-state index is -0.555. The van der Waals surface area contributed by atoms with Crippen molar-refractivity contribution in [3.63, 3.8) is 0 Å². The molecule has 5 nitrogen and oxygen atoms in total. The molecule has 0 unspecified atom stereocenters. The predicted molar refractivity (Wildman–Crippen MR) is 90.4 cm³/mol. The van der Waals surface area contributed by atoms with Crippen LogP contribution in [0.15, 0.2) is 18.2 Å². The number of hydrogen-bond donors (Lipinski definition) is 1. The second-order valence-corrected chi connectivity index (χ2v) is 7.43. The topological polar surface area (TPSA) is 56.1 Å². The highest BCUT2D eigenvalue weighted by Crippen LogP contribution is 2.37. The standard InChI is InChI=1S/C18H24FN3O2/c1-11(20-17(23)24-18(2,3)4)16-21-14-9-8-12(19)10-15(14)22(16)13-6-5-7-13/h8-11,13H,5-7H2,1-4H3,(H,20,23)/t11-/m0/s1. The van der Waals surface area contributed by atoms with Crippen LogP contribution in [0.25, 0.3) is 11.0 Å². The molecule has 1 aliphatic rings. The Bertz CT molecular complexity index is 759. The van der Waals surface area contributed by atoms with Crippen LogP contribution in [-0.2, 0) is 4.74 Å². The number of alkyl carbamates (subject to hydrolysis) is 1. The van der Waals surface area contributed by atoms with Crippen molar-refractivity contribution < 1.29 is 13.9 Å². The van der Waals surface area contributed by atoms with E-state index in [9.17, 15) is 9.18 Å². The molecular weight excluding hydrogens is 309 g/mol. The zero-order chi connectivity index (χ0) is 17.5. The second-order valence-electron chi connectivity index (χ2n) is 7.43. The van der Waals surface area contributed by atoms with Gasteiger partial charge < -0.3 is 14.6 Å². The van der Waals surface area contributed by atoms with Crippen LogP contribution in [0.4, 0.5) is 9.18 Å². The van der Waals surface area contributed by atoms with Gasteiger partial charge in [-0.05, 0) is 65.2 Å². The lowest BCUT2D eigenvalue weighted by Crippen LogP contribution is -2.35. The number of hydrogen-bond acceptors (Lipinski definition) is 3. The summed E-state index contributed by atoms with van der Waals surface area (Å²) in [4.78, 5) is 16.7. The summed E-state index contributed by atoms with van der Waals surface area (Å²) in [6.07, 6.45) is 2.78. The van der Waals surface area contributed by atoms with Gasteiger partial charge in [0.05, 0.1) is 17.1 Å². The first kappa shape index (κ1) is 16.7. The summed E-state index contributed by atoms with van der Waals surface area (Å²) in [6.45, 7) is 7.34. The van der Waals surface area contributed by atoms with E-state index in [0.29, 0.717) is 6.04 Å². The maximum Gasteiger partial charge on any atom is 0.408 e. The van der Waals surface area contributed by atoms with Crippen LogP contribution in [0.2, 0.25) is 0 Å². The maximum atomic E-state index is 13.7. The summed E-state index contributed by atoms with van der Waals surface area (Å²) < 4.78 is 21.1. The van der Waals surface area contributed by atoms with Gasteiger partial charge in [0, 0.05) is 6.04 Å². The van der Waals surface area contributed by atoms with Crippen LogP contribution in [0.1, 0.15) is 64.9 Å². The smallest absolute Gasteiger partial charge is 0.408 e. The first-order valence-corrected chi connectivity index (χ1v) is 8.41. The van der Waals surface area contributed by atoms with E-state index in [1.165, 1.54) is 12.1 Å². The summed E-state index contributed by atoms with van der Waals surface area (Å²) in [6, 6.07) is 4.61. The van der Waals surface area contributed by atoms with Gasteiger partial charge in [0.15, 0.2) is 0 Å². The van der Waals surface area contributed by atoms with Crippen LogP contribution in [-0.4, -0.2) is 21.2 Å². The highest BCUT2D eigenvalue weighted by molar-refractivity contribution is 5.77. The predicted octanol–water partition coefficient (Wildman–Crippen LogP) is 4.49. The summed E-state index contributed by atoms with van der Waals surface area (Å²) in [5, 5.41) is 2.83. The summed E-state index contributed by atoms with van der Waals surface area (Å²) >= 11 is 0. The first-order chi connectivity index (χ1) is 11.2. The van der Waals surface area contributed by atoms with Crippen LogP contribution in [0.3, 0.4) is 0 Å². The highest BCUT2D eigenvalue weighted by atomic mass is 19.1. The van der Waals surface area contributed by atoms with Gasteiger partial charge in [0.1, 0.15) is 17.2 Å². The van der Waals surface area contributed by atoms with Crippen LogP contribution in [0, 0.1) is 5.82 Å². The summed E-state index contributed by atoms with van der Waals surface area (Å²) in [7, 11) is 0. The molecular formula is C18H24FN3O2. The third kappa shape index (κ3) is 3.37. The van der Waals surface area contributed by atoms with E-state index in [4.69, 9.17) is 4.74 Å². The van der Waals surface area contributed by atoms with E-state index in [-0.39, 0.29) is 11.9 Å². The molecule has 1 fully saturated rings. The van der Waals surface area contributed by atoms with Crippen LogP contribution >= 0.6 is 0 Å². The van der Waals surface area contributed by atoms with Gasteiger partial charge in [-0.1, -0.05) is 0 Å². The Labute approximate surface area is 141 Å². The normalized spacial score (nSPS) is 16.7. The number of ether oxygens (including phenoxy) is 1. The fraction of sp³-hybridized carbons (Fsp3) is 0.556. The molecule has 130 valence electrons. The Morgan fingerprint density at radius 1 is 1.42 bits per heavy atom. The summed E-state index contributed by atoms with van der Waals surface area (Å²) in [5.41, 5.74) is 0.977. The zero-order valence-corrected chi connectivity index (χ0v) is 14.6. The molecule has 3 rings (SSSR count). The van der Waals surface area contributed by atoms with E-state index in [1.54, 1.807) is 6.07 Å². The molecule has 1 amide bonds. The number of aromatic nitrogens is 2. The lowest BCUT2D eigenvalue weighted by Gasteiger charge is -2.30. The molecule has 1 heterocycles. The molecule has 1 atom stereocenters. The number of halogens is 1. The van der Waals surface area contributed by atoms with Crippen molar-refractivity contribution in [2.75, 3.05) is 0 Å². The molecule has 1 aliphatic carbocycles. The molecule has 0 aliphatic heterocycles. The molecule has 1 saturated carbocycles. The Morgan fingerprint density at radius 2 is 2.12 bits per heavy atom. The molecule has 0 radical (unpaired) electrons. The summed E-state index contributed by atoms with van der Waals surface area (Å²) in [5.74, 6) is 0.466. The highest BCUT2D eigenvalue weighted by Gasteiger charge is 2.28. The molecule has 6 heteroatoms. The van der Waals surface area contributed by atoms with Gasteiger partial charge in [0.25, 0.3) is 0 Å². The zero-order valence-electron chi connectivity index (χ0n) is 14.6. The monoisotopic (exact) mass is 333 g/mol. The van der Waals surface area contributed by atoms with E-state index >= 15 is 0 Å². The third-order valence-electron chi connectivity index (χ3n) is 4.24. The number of imidazole rings is 1. The number of carbonyl (C=O) groups is 1. The van der Waals surface area contributed by atoms with Gasteiger partial charge >= 0.3 is 6.09 Å². The molecule has 0 spiro atoms. The Balaban J connectivity index is 1.91. The van der Waals surface area contributed by atoms with E-state index in [2.05, 4.69) is 14.9 Å².